The summed E-state index contributed by atoms with van der Waals surface area (Å²) >= 11 is 0. The van der Waals surface area contributed by atoms with Crippen molar-refractivity contribution in [3.8, 4) is 0 Å². The van der Waals surface area contributed by atoms with Gasteiger partial charge >= 0.3 is 5.97 Å². The molecule has 32 heavy (non-hydrogen) atoms. The molecule has 0 saturated carbocycles. The molecule has 2 heterocycles. The van der Waals surface area contributed by atoms with Gasteiger partial charge in [-0.25, -0.2) is 9.18 Å². The second-order valence-electron chi connectivity index (χ2n) is 7.78. The maximum atomic E-state index is 13.4. The summed E-state index contributed by atoms with van der Waals surface area (Å²) in [7, 11) is 0. The van der Waals surface area contributed by atoms with E-state index < -0.39 is 18.4 Å². The van der Waals surface area contributed by atoms with Crippen molar-refractivity contribution >= 4 is 34.4 Å². The number of likely N-dealkylation sites (tertiary alicyclic amines) is 1. The van der Waals surface area contributed by atoms with E-state index in [9.17, 15) is 18.8 Å². The molecule has 0 spiro atoms. The number of carbonyl (C=O) groups excluding carboxylic acids is 3. The van der Waals surface area contributed by atoms with Gasteiger partial charge in [-0.05, 0) is 50.1 Å². The van der Waals surface area contributed by atoms with E-state index in [2.05, 4.69) is 5.32 Å². The molecule has 1 N–H and O–H groups in total. The minimum Gasteiger partial charge on any atom is -0.450 e. The van der Waals surface area contributed by atoms with Gasteiger partial charge in [0.1, 0.15) is 11.4 Å². The van der Waals surface area contributed by atoms with Crippen LogP contribution >= 0.6 is 0 Å². The zero-order chi connectivity index (χ0) is 22.7. The molecule has 0 bridgehead atoms. The number of fused-ring (bicyclic) bond motifs is 1. The number of carbonyl (C=O) groups is 3. The summed E-state index contributed by atoms with van der Waals surface area (Å²) in [5, 5.41) is 3.37. The molecule has 166 valence electrons. The second-order valence-corrected chi connectivity index (χ2v) is 7.78. The van der Waals surface area contributed by atoms with Crippen LogP contribution in [-0.2, 0) is 14.3 Å². The van der Waals surface area contributed by atoms with E-state index in [0.29, 0.717) is 42.5 Å². The van der Waals surface area contributed by atoms with Crippen LogP contribution in [0.15, 0.2) is 52.9 Å². The molecule has 0 atom stereocenters. The Morgan fingerprint density at radius 3 is 2.56 bits per heavy atom. The third kappa shape index (κ3) is 4.64. The smallest absolute Gasteiger partial charge is 0.375 e. The number of furan rings is 1. The van der Waals surface area contributed by atoms with E-state index in [4.69, 9.17) is 9.15 Å². The van der Waals surface area contributed by atoms with Gasteiger partial charge in [-0.1, -0.05) is 18.2 Å². The summed E-state index contributed by atoms with van der Waals surface area (Å²) in [5.41, 5.74) is 1.58. The first-order chi connectivity index (χ1) is 15.4. The summed E-state index contributed by atoms with van der Waals surface area (Å²) in [6.07, 6.45) is 1.07. The highest BCUT2D eigenvalue weighted by atomic mass is 19.1. The van der Waals surface area contributed by atoms with Crippen LogP contribution in [0, 0.1) is 18.7 Å². The molecule has 4 rings (SSSR count). The van der Waals surface area contributed by atoms with Gasteiger partial charge in [0.2, 0.25) is 11.7 Å². The summed E-state index contributed by atoms with van der Waals surface area (Å²) in [6, 6.07) is 13.2. The van der Waals surface area contributed by atoms with Crippen molar-refractivity contribution in [3.63, 3.8) is 0 Å². The molecule has 1 aromatic heterocycles. The number of halogens is 1. The van der Waals surface area contributed by atoms with E-state index >= 15 is 0 Å². The number of rotatable bonds is 5. The van der Waals surface area contributed by atoms with E-state index in [0.717, 1.165) is 5.69 Å². The Hall–Kier alpha value is -3.68. The van der Waals surface area contributed by atoms with Crippen molar-refractivity contribution in [2.45, 2.75) is 19.8 Å². The number of anilines is 1. The highest BCUT2D eigenvalue weighted by Crippen LogP contribution is 2.26. The predicted octanol–water partition coefficient (Wildman–Crippen LogP) is 3.91. The fourth-order valence-electron chi connectivity index (χ4n) is 3.83. The van der Waals surface area contributed by atoms with Gasteiger partial charge in [0.25, 0.3) is 5.91 Å². The van der Waals surface area contributed by atoms with Gasteiger partial charge in [0.05, 0.1) is 0 Å². The number of piperidine rings is 1. The molecule has 8 heteroatoms. The first-order valence-electron chi connectivity index (χ1n) is 10.4. The Balaban J connectivity index is 1.27. The lowest BCUT2D eigenvalue weighted by Crippen LogP contribution is -2.43. The Morgan fingerprint density at radius 2 is 1.84 bits per heavy atom. The van der Waals surface area contributed by atoms with E-state index in [-0.39, 0.29) is 23.5 Å². The van der Waals surface area contributed by atoms with Crippen LogP contribution in [0.5, 0.6) is 0 Å². The number of nitrogens with one attached hydrogen (secondary N) is 1. The normalized spacial score (nSPS) is 14.4. The molecule has 0 radical (unpaired) electrons. The van der Waals surface area contributed by atoms with Gasteiger partial charge in [0.15, 0.2) is 6.61 Å². The van der Waals surface area contributed by atoms with Crippen molar-refractivity contribution in [2.75, 3.05) is 25.0 Å². The number of esters is 1. The molecule has 0 aliphatic carbocycles. The number of nitrogens with zero attached hydrogens (tertiary/aromatic N) is 1. The lowest BCUT2D eigenvalue weighted by Gasteiger charge is -2.31. The Morgan fingerprint density at radius 1 is 1.12 bits per heavy atom. The van der Waals surface area contributed by atoms with Crippen LogP contribution in [0.2, 0.25) is 0 Å². The summed E-state index contributed by atoms with van der Waals surface area (Å²) in [4.78, 5) is 38.9. The summed E-state index contributed by atoms with van der Waals surface area (Å²) < 4.78 is 24.1. The quantitative estimate of drug-likeness (QED) is 0.610. The van der Waals surface area contributed by atoms with Crippen LogP contribution in [-0.4, -0.2) is 42.4 Å². The monoisotopic (exact) mass is 438 g/mol. The molecule has 7 nitrogen and oxygen atoms in total. The Kier molecular flexibility index (Phi) is 6.20. The average molecular weight is 438 g/mol. The number of para-hydroxylation sites is 1. The topological polar surface area (TPSA) is 88.9 Å². The molecule has 0 unspecified atom stereocenters. The third-order valence-corrected chi connectivity index (χ3v) is 5.67. The second kappa shape index (κ2) is 9.21. The van der Waals surface area contributed by atoms with Crippen LogP contribution in [0.25, 0.3) is 11.0 Å². The van der Waals surface area contributed by atoms with Gasteiger partial charge in [-0.2, -0.15) is 0 Å². The van der Waals surface area contributed by atoms with Crippen LogP contribution < -0.4 is 5.32 Å². The molecule has 2 aromatic carbocycles. The predicted molar refractivity (Wildman–Crippen MR) is 116 cm³/mol. The highest BCUT2D eigenvalue weighted by Gasteiger charge is 2.28. The van der Waals surface area contributed by atoms with E-state index in [1.54, 1.807) is 11.8 Å². The first-order valence-corrected chi connectivity index (χ1v) is 10.4. The van der Waals surface area contributed by atoms with Crippen LogP contribution in [0.3, 0.4) is 0 Å². The van der Waals surface area contributed by atoms with Gasteiger partial charge in [-0.15, -0.1) is 0 Å². The van der Waals surface area contributed by atoms with Crippen molar-refractivity contribution < 1.29 is 27.9 Å². The average Bonchev–Trinajstić information content (AvgIpc) is 3.14. The molecular weight excluding hydrogens is 415 g/mol. The number of amides is 2. The zero-order valence-electron chi connectivity index (χ0n) is 17.6. The molecule has 1 aliphatic rings. The van der Waals surface area contributed by atoms with Gasteiger partial charge in [-0.3, -0.25) is 9.59 Å². The molecule has 3 aromatic rings. The maximum Gasteiger partial charge on any atom is 0.375 e. The highest BCUT2D eigenvalue weighted by molar-refractivity contribution is 5.97. The lowest BCUT2D eigenvalue weighted by atomic mass is 9.95. The Labute approximate surface area is 184 Å². The van der Waals surface area contributed by atoms with E-state index in [1.165, 1.54) is 18.2 Å². The van der Waals surface area contributed by atoms with Crippen molar-refractivity contribution in [1.82, 2.24) is 4.90 Å². The number of benzene rings is 2. The number of aryl methyl sites for hydroxylation is 1. The largest absolute Gasteiger partial charge is 0.450 e. The van der Waals surface area contributed by atoms with Gasteiger partial charge in [0, 0.05) is 35.6 Å². The molecular formula is C24H23FN2O5. The van der Waals surface area contributed by atoms with E-state index in [1.807, 2.05) is 30.3 Å². The SMILES string of the molecule is Cc1c(C(=O)OCC(=O)N2CCC(C(=O)Nc3ccccc3)CC2)oc2ccc(F)cc12. The van der Waals surface area contributed by atoms with Crippen molar-refractivity contribution in [2.24, 2.45) is 5.92 Å². The third-order valence-electron chi connectivity index (χ3n) is 5.67. The maximum absolute atomic E-state index is 13.4. The summed E-state index contributed by atoms with van der Waals surface area (Å²) in [6.45, 7) is 2.03. The lowest BCUT2D eigenvalue weighted by molar-refractivity contribution is -0.137. The van der Waals surface area contributed by atoms with Crippen LogP contribution in [0.1, 0.15) is 29.0 Å². The molecule has 1 aliphatic heterocycles. The number of ether oxygens (including phenoxy) is 1. The molecule has 1 saturated heterocycles. The van der Waals surface area contributed by atoms with Crippen molar-refractivity contribution in [1.29, 1.82) is 0 Å². The van der Waals surface area contributed by atoms with Gasteiger partial charge < -0.3 is 19.4 Å². The minimum atomic E-state index is -0.774. The molecule has 1 fully saturated rings. The zero-order valence-corrected chi connectivity index (χ0v) is 17.6. The number of hydrogen-bond acceptors (Lipinski definition) is 5. The Bertz CT molecular complexity index is 1150. The minimum absolute atomic E-state index is 0.0466. The number of hydrogen-bond donors (Lipinski definition) is 1. The first kappa shape index (κ1) is 21.5. The van der Waals surface area contributed by atoms with Crippen molar-refractivity contribution in [3.05, 3.63) is 65.7 Å². The standard InChI is InChI=1S/C24H23FN2O5/c1-15-19-13-17(25)7-8-20(19)32-22(15)24(30)31-14-21(28)27-11-9-16(10-12-27)23(29)26-18-5-3-2-4-6-18/h2-8,13,16H,9-12,14H2,1H3,(H,26,29). The fourth-order valence-corrected chi connectivity index (χ4v) is 3.83. The van der Waals surface area contributed by atoms with Crippen LogP contribution in [0.4, 0.5) is 10.1 Å². The molecule has 2 amide bonds. The summed E-state index contributed by atoms with van der Waals surface area (Å²) in [5.74, 6) is -1.83. The fraction of sp³-hybridized carbons (Fsp3) is 0.292.